The molecule has 0 aliphatic carbocycles. The summed E-state index contributed by atoms with van der Waals surface area (Å²) < 4.78 is 5.40. The highest BCUT2D eigenvalue weighted by atomic mass is 35.5. The summed E-state index contributed by atoms with van der Waals surface area (Å²) >= 11 is 5.67. The average Bonchev–Trinajstić information content (AvgIpc) is 2.34. The molecule has 0 unspecified atom stereocenters. The van der Waals surface area contributed by atoms with Crippen LogP contribution in [0.5, 0.6) is 0 Å². The summed E-state index contributed by atoms with van der Waals surface area (Å²) in [6, 6.07) is 1.27. The summed E-state index contributed by atoms with van der Waals surface area (Å²) in [6.07, 6.45) is 2.37. The first kappa shape index (κ1) is 15.7. The van der Waals surface area contributed by atoms with Crippen LogP contribution in [-0.2, 0) is 4.74 Å². The smallest absolute Gasteiger partial charge is 0.312 e. The number of anilines is 1. The Morgan fingerprint density at radius 2 is 2.26 bits per heavy atom. The minimum Gasteiger partial charge on any atom is -0.380 e. The van der Waals surface area contributed by atoms with Crippen LogP contribution in [0.1, 0.15) is 20.3 Å². The van der Waals surface area contributed by atoms with Gasteiger partial charge in [-0.25, -0.2) is 4.98 Å². The molecule has 0 fully saturated rings. The molecule has 0 aliphatic heterocycles. The third kappa shape index (κ3) is 5.85. The molecule has 0 aromatic carbocycles. The number of halogens is 1. The van der Waals surface area contributed by atoms with Crippen LogP contribution in [0.4, 0.5) is 11.5 Å². The fraction of sp³-hybridized carbons (Fsp3) is 0.583. The lowest BCUT2D eigenvalue weighted by Crippen LogP contribution is -2.12. The molecular weight excluding hydrogens is 270 g/mol. The standard InChI is InChI=1S/C12H18ClN3O3/c1-9(2)3-5-19-6-4-14-12-11(16(17)18)7-10(13)8-15-12/h7-9H,3-6H2,1-2H3,(H,14,15). The zero-order valence-corrected chi connectivity index (χ0v) is 11.8. The summed E-state index contributed by atoms with van der Waals surface area (Å²) in [4.78, 5) is 14.2. The summed E-state index contributed by atoms with van der Waals surface area (Å²) in [5.41, 5.74) is -0.130. The Morgan fingerprint density at radius 1 is 1.53 bits per heavy atom. The molecule has 0 aliphatic rings. The zero-order chi connectivity index (χ0) is 14.3. The summed E-state index contributed by atoms with van der Waals surface area (Å²) in [5.74, 6) is 0.814. The van der Waals surface area contributed by atoms with Gasteiger partial charge < -0.3 is 10.1 Å². The number of pyridine rings is 1. The van der Waals surface area contributed by atoms with E-state index >= 15 is 0 Å². The van der Waals surface area contributed by atoms with Gasteiger partial charge in [-0.2, -0.15) is 0 Å². The number of hydrogen-bond acceptors (Lipinski definition) is 5. The fourth-order valence-corrected chi connectivity index (χ4v) is 1.52. The highest BCUT2D eigenvalue weighted by Gasteiger charge is 2.15. The topological polar surface area (TPSA) is 77.3 Å². The molecule has 0 saturated heterocycles. The van der Waals surface area contributed by atoms with Gasteiger partial charge >= 0.3 is 5.69 Å². The zero-order valence-electron chi connectivity index (χ0n) is 11.1. The quantitative estimate of drug-likeness (QED) is 0.451. The van der Waals surface area contributed by atoms with Gasteiger partial charge in [-0.3, -0.25) is 10.1 Å². The molecule has 6 nitrogen and oxygen atoms in total. The predicted molar refractivity (Wildman–Crippen MR) is 74.7 cm³/mol. The second-order valence-electron chi connectivity index (χ2n) is 4.50. The van der Waals surface area contributed by atoms with E-state index in [-0.39, 0.29) is 16.5 Å². The van der Waals surface area contributed by atoms with E-state index in [1.807, 2.05) is 0 Å². The first-order valence-electron chi connectivity index (χ1n) is 6.12. The fourth-order valence-electron chi connectivity index (χ4n) is 1.37. The van der Waals surface area contributed by atoms with Crippen LogP contribution >= 0.6 is 11.6 Å². The van der Waals surface area contributed by atoms with Crippen LogP contribution in [-0.4, -0.2) is 29.7 Å². The molecule has 0 atom stereocenters. The molecule has 19 heavy (non-hydrogen) atoms. The van der Waals surface area contributed by atoms with Crippen molar-refractivity contribution in [1.29, 1.82) is 0 Å². The minimum atomic E-state index is -0.513. The number of hydrogen-bond donors (Lipinski definition) is 1. The van der Waals surface area contributed by atoms with E-state index < -0.39 is 4.92 Å². The highest BCUT2D eigenvalue weighted by Crippen LogP contribution is 2.24. The van der Waals surface area contributed by atoms with E-state index in [0.717, 1.165) is 6.42 Å². The molecule has 0 bridgehead atoms. The third-order valence-corrected chi connectivity index (χ3v) is 2.62. The first-order valence-corrected chi connectivity index (χ1v) is 6.50. The van der Waals surface area contributed by atoms with E-state index in [1.54, 1.807) is 0 Å². The third-order valence-electron chi connectivity index (χ3n) is 2.41. The van der Waals surface area contributed by atoms with Gasteiger partial charge in [-0.05, 0) is 12.3 Å². The van der Waals surface area contributed by atoms with Crippen molar-refractivity contribution in [2.75, 3.05) is 25.1 Å². The molecule has 1 N–H and O–H groups in total. The lowest BCUT2D eigenvalue weighted by atomic mass is 10.1. The first-order chi connectivity index (χ1) is 9.00. The van der Waals surface area contributed by atoms with Gasteiger partial charge in [0.25, 0.3) is 0 Å². The molecule has 106 valence electrons. The lowest BCUT2D eigenvalue weighted by Gasteiger charge is -2.08. The number of nitrogens with one attached hydrogen (secondary N) is 1. The Hall–Kier alpha value is -1.40. The van der Waals surface area contributed by atoms with Crippen molar-refractivity contribution in [3.8, 4) is 0 Å². The Morgan fingerprint density at radius 3 is 2.89 bits per heavy atom. The number of nitrogens with zero attached hydrogens (tertiary/aromatic N) is 2. The number of aromatic nitrogens is 1. The molecule has 1 aromatic rings. The van der Waals surface area contributed by atoms with Crippen molar-refractivity contribution >= 4 is 23.1 Å². The molecule has 0 spiro atoms. The van der Waals surface area contributed by atoms with E-state index in [1.165, 1.54) is 12.3 Å². The molecule has 1 heterocycles. The van der Waals surface area contributed by atoms with Crippen molar-refractivity contribution in [3.63, 3.8) is 0 Å². The van der Waals surface area contributed by atoms with Gasteiger partial charge in [0.2, 0.25) is 5.82 Å². The monoisotopic (exact) mass is 287 g/mol. The lowest BCUT2D eigenvalue weighted by molar-refractivity contribution is -0.384. The van der Waals surface area contributed by atoms with E-state index in [4.69, 9.17) is 16.3 Å². The molecular formula is C12H18ClN3O3. The van der Waals surface area contributed by atoms with Crippen LogP contribution in [0.2, 0.25) is 5.02 Å². The molecule has 1 rings (SSSR count). The average molecular weight is 288 g/mol. The van der Waals surface area contributed by atoms with Gasteiger partial charge in [0.05, 0.1) is 16.6 Å². The minimum absolute atomic E-state index is 0.130. The largest absolute Gasteiger partial charge is 0.380 e. The van der Waals surface area contributed by atoms with Crippen molar-refractivity contribution in [3.05, 3.63) is 27.4 Å². The van der Waals surface area contributed by atoms with Crippen LogP contribution in [0.25, 0.3) is 0 Å². The number of nitro groups is 1. The maximum atomic E-state index is 10.8. The van der Waals surface area contributed by atoms with E-state index in [0.29, 0.717) is 25.7 Å². The summed E-state index contributed by atoms with van der Waals surface area (Å²) in [5, 5.41) is 13.9. The van der Waals surface area contributed by atoms with Gasteiger partial charge in [0.1, 0.15) is 0 Å². The molecule has 0 amide bonds. The van der Waals surface area contributed by atoms with E-state index in [2.05, 4.69) is 24.1 Å². The highest BCUT2D eigenvalue weighted by molar-refractivity contribution is 6.30. The maximum absolute atomic E-state index is 10.8. The van der Waals surface area contributed by atoms with Gasteiger partial charge in [0, 0.05) is 25.4 Å². The van der Waals surface area contributed by atoms with E-state index in [9.17, 15) is 10.1 Å². The molecule has 0 radical (unpaired) electrons. The van der Waals surface area contributed by atoms with Crippen LogP contribution in [0.3, 0.4) is 0 Å². The van der Waals surface area contributed by atoms with Crippen molar-refractivity contribution in [1.82, 2.24) is 4.98 Å². The second kappa shape index (κ2) is 7.91. The molecule has 1 aromatic heterocycles. The predicted octanol–water partition coefficient (Wildman–Crippen LogP) is 3.12. The Kier molecular flexibility index (Phi) is 6.52. The van der Waals surface area contributed by atoms with Crippen molar-refractivity contribution in [2.24, 2.45) is 5.92 Å². The second-order valence-corrected chi connectivity index (χ2v) is 4.94. The van der Waals surface area contributed by atoms with Gasteiger partial charge in [-0.15, -0.1) is 0 Å². The Bertz CT molecular complexity index is 427. The van der Waals surface area contributed by atoms with Gasteiger partial charge in [0.15, 0.2) is 0 Å². The van der Waals surface area contributed by atoms with Gasteiger partial charge in [-0.1, -0.05) is 25.4 Å². The van der Waals surface area contributed by atoms with Crippen molar-refractivity contribution < 1.29 is 9.66 Å². The summed E-state index contributed by atoms with van der Waals surface area (Å²) in [7, 11) is 0. The maximum Gasteiger partial charge on any atom is 0.312 e. The summed E-state index contributed by atoms with van der Waals surface area (Å²) in [6.45, 7) is 5.89. The van der Waals surface area contributed by atoms with Crippen LogP contribution in [0, 0.1) is 16.0 Å². The molecule has 0 saturated carbocycles. The SMILES string of the molecule is CC(C)CCOCCNc1ncc(Cl)cc1[N+](=O)[O-]. The van der Waals surface area contributed by atoms with Crippen LogP contribution in [0.15, 0.2) is 12.3 Å². The van der Waals surface area contributed by atoms with Crippen LogP contribution < -0.4 is 5.32 Å². The molecule has 7 heteroatoms. The number of ether oxygens (including phenoxy) is 1. The number of rotatable bonds is 8. The van der Waals surface area contributed by atoms with Crippen molar-refractivity contribution in [2.45, 2.75) is 20.3 Å². The Balaban J connectivity index is 2.39. The normalized spacial score (nSPS) is 10.7. The Labute approximate surface area is 117 Å².